The monoisotopic (exact) mass is 437 g/mol. The van der Waals surface area contributed by atoms with E-state index in [4.69, 9.17) is 0 Å². The zero-order chi connectivity index (χ0) is 22.0. The number of hydrogen-bond donors (Lipinski definition) is 4. The molecule has 0 saturated heterocycles. The van der Waals surface area contributed by atoms with Crippen molar-refractivity contribution in [3.8, 4) is 5.69 Å². The molecule has 0 radical (unpaired) electrons. The van der Waals surface area contributed by atoms with E-state index in [0.717, 1.165) is 5.69 Å². The number of carbonyl (C=O) groups is 2. The summed E-state index contributed by atoms with van der Waals surface area (Å²) in [5, 5.41) is 13.7. The fourth-order valence-corrected chi connectivity index (χ4v) is 3.83. The standard InChI is InChI=1S/C20H19N7O3S/c1-11(18(29)23-14-6-7-16-17(9-14)25-19(30)24-16)31-20-26-21-10-27(20)15-5-3-4-13(8-15)22-12(2)28/h3-11H,1-2H3,(H,22,28)(H,23,29)(H2,24,25,30). The number of benzene rings is 2. The van der Waals surface area contributed by atoms with Crippen molar-refractivity contribution in [1.82, 2.24) is 24.7 Å². The molecule has 4 N–H and O–H groups in total. The topological polar surface area (TPSA) is 138 Å². The molecule has 1 unspecified atom stereocenters. The van der Waals surface area contributed by atoms with Crippen LogP contribution in [-0.4, -0.2) is 41.8 Å². The van der Waals surface area contributed by atoms with Crippen LogP contribution >= 0.6 is 11.8 Å². The SMILES string of the molecule is CC(=O)Nc1cccc(-n2cnnc2SC(C)C(=O)Nc2ccc3[nH]c(=O)[nH]c3c2)c1. The minimum absolute atomic E-state index is 0.164. The Balaban J connectivity index is 1.48. The maximum absolute atomic E-state index is 12.7. The fraction of sp³-hybridized carbons (Fsp3) is 0.150. The van der Waals surface area contributed by atoms with Crippen molar-refractivity contribution in [3.63, 3.8) is 0 Å². The summed E-state index contributed by atoms with van der Waals surface area (Å²) in [6.45, 7) is 3.21. The quantitative estimate of drug-likeness (QED) is 0.342. The van der Waals surface area contributed by atoms with E-state index in [9.17, 15) is 14.4 Å². The van der Waals surface area contributed by atoms with Crippen LogP contribution in [0.5, 0.6) is 0 Å². The number of aromatic amines is 2. The van der Waals surface area contributed by atoms with Crippen LogP contribution in [0.1, 0.15) is 13.8 Å². The molecule has 0 aliphatic carbocycles. The molecule has 0 saturated carbocycles. The molecule has 2 aromatic heterocycles. The Bertz CT molecular complexity index is 1320. The van der Waals surface area contributed by atoms with Gasteiger partial charge in [0.1, 0.15) is 6.33 Å². The number of aromatic nitrogens is 5. The molecule has 2 aromatic carbocycles. The molecule has 1 atom stereocenters. The predicted octanol–water partition coefficient (Wildman–Crippen LogP) is 2.51. The Labute approximate surface area is 180 Å². The van der Waals surface area contributed by atoms with Crippen LogP contribution in [0.4, 0.5) is 11.4 Å². The van der Waals surface area contributed by atoms with E-state index in [1.165, 1.54) is 18.7 Å². The van der Waals surface area contributed by atoms with Crippen LogP contribution < -0.4 is 16.3 Å². The van der Waals surface area contributed by atoms with Gasteiger partial charge in [-0.2, -0.15) is 0 Å². The zero-order valence-corrected chi connectivity index (χ0v) is 17.5. The second-order valence-corrected chi connectivity index (χ2v) is 8.11. The molecule has 2 heterocycles. The Morgan fingerprint density at radius 3 is 2.65 bits per heavy atom. The molecule has 31 heavy (non-hydrogen) atoms. The van der Waals surface area contributed by atoms with Crippen molar-refractivity contribution in [2.45, 2.75) is 24.3 Å². The van der Waals surface area contributed by atoms with E-state index >= 15 is 0 Å². The van der Waals surface area contributed by atoms with E-state index in [-0.39, 0.29) is 17.5 Å². The van der Waals surface area contributed by atoms with Crippen molar-refractivity contribution >= 4 is 46.0 Å². The summed E-state index contributed by atoms with van der Waals surface area (Å²) in [5.74, 6) is -0.383. The van der Waals surface area contributed by atoms with Crippen LogP contribution in [0.3, 0.4) is 0 Å². The number of anilines is 2. The summed E-state index contributed by atoms with van der Waals surface area (Å²) in [4.78, 5) is 40.7. The van der Waals surface area contributed by atoms with Crippen LogP contribution in [0, 0.1) is 0 Å². The lowest BCUT2D eigenvalue weighted by molar-refractivity contribution is -0.115. The highest BCUT2D eigenvalue weighted by Gasteiger charge is 2.19. The molecule has 158 valence electrons. The zero-order valence-electron chi connectivity index (χ0n) is 16.7. The number of amides is 2. The lowest BCUT2D eigenvalue weighted by atomic mass is 10.2. The Morgan fingerprint density at radius 2 is 1.84 bits per heavy atom. The number of nitrogens with zero attached hydrogens (tertiary/aromatic N) is 3. The summed E-state index contributed by atoms with van der Waals surface area (Å²) in [6, 6.07) is 12.4. The molecule has 0 aliphatic heterocycles. The Morgan fingerprint density at radius 1 is 1.06 bits per heavy atom. The van der Waals surface area contributed by atoms with Crippen molar-refractivity contribution in [2.75, 3.05) is 10.6 Å². The number of H-pyrrole nitrogens is 2. The second kappa shape index (κ2) is 8.48. The van der Waals surface area contributed by atoms with E-state index in [1.54, 1.807) is 48.1 Å². The van der Waals surface area contributed by atoms with Crippen LogP contribution in [0.15, 0.2) is 58.7 Å². The number of thioether (sulfide) groups is 1. The highest BCUT2D eigenvalue weighted by molar-refractivity contribution is 8.00. The lowest BCUT2D eigenvalue weighted by Crippen LogP contribution is -2.22. The molecule has 0 spiro atoms. The molecule has 10 nitrogen and oxygen atoms in total. The number of imidazole rings is 1. The second-order valence-electron chi connectivity index (χ2n) is 6.80. The molecular weight excluding hydrogens is 418 g/mol. The third-order valence-electron chi connectivity index (χ3n) is 4.40. The third kappa shape index (κ3) is 4.67. The first-order valence-electron chi connectivity index (χ1n) is 9.36. The molecule has 0 aliphatic rings. The van der Waals surface area contributed by atoms with Gasteiger partial charge in [0, 0.05) is 18.3 Å². The summed E-state index contributed by atoms with van der Waals surface area (Å²) in [6.07, 6.45) is 1.55. The number of hydrogen-bond acceptors (Lipinski definition) is 6. The first-order chi connectivity index (χ1) is 14.9. The minimum Gasteiger partial charge on any atom is -0.326 e. The maximum atomic E-state index is 12.7. The van der Waals surface area contributed by atoms with E-state index in [0.29, 0.717) is 27.6 Å². The van der Waals surface area contributed by atoms with Crippen molar-refractivity contribution in [2.24, 2.45) is 0 Å². The number of rotatable bonds is 6. The summed E-state index contributed by atoms with van der Waals surface area (Å²) >= 11 is 1.25. The minimum atomic E-state index is -0.470. The van der Waals surface area contributed by atoms with Crippen molar-refractivity contribution in [1.29, 1.82) is 0 Å². The third-order valence-corrected chi connectivity index (χ3v) is 5.45. The van der Waals surface area contributed by atoms with Gasteiger partial charge in [0.15, 0.2) is 5.16 Å². The van der Waals surface area contributed by atoms with Gasteiger partial charge in [-0.05, 0) is 43.3 Å². The largest absolute Gasteiger partial charge is 0.326 e. The molecule has 2 amide bonds. The predicted molar refractivity (Wildman–Crippen MR) is 119 cm³/mol. The van der Waals surface area contributed by atoms with Gasteiger partial charge in [0.2, 0.25) is 11.8 Å². The van der Waals surface area contributed by atoms with Crippen molar-refractivity contribution < 1.29 is 9.59 Å². The Kier molecular flexibility index (Phi) is 5.58. The van der Waals surface area contributed by atoms with Gasteiger partial charge in [0.25, 0.3) is 0 Å². The average molecular weight is 437 g/mol. The molecule has 0 bridgehead atoms. The van der Waals surface area contributed by atoms with Crippen LogP contribution in [0.25, 0.3) is 16.7 Å². The van der Waals surface area contributed by atoms with Crippen molar-refractivity contribution in [3.05, 3.63) is 59.3 Å². The van der Waals surface area contributed by atoms with Gasteiger partial charge in [0.05, 0.1) is 22.0 Å². The molecule has 4 rings (SSSR count). The van der Waals surface area contributed by atoms with Gasteiger partial charge >= 0.3 is 5.69 Å². The van der Waals surface area contributed by atoms with E-state index in [2.05, 4.69) is 30.8 Å². The maximum Gasteiger partial charge on any atom is 0.323 e. The summed E-state index contributed by atoms with van der Waals surface area (Å²) in [5.41, 5.74) is 2.96. The van der Waals surface area contributed by atoms with Gasteiger partial charge < -0.3 is 20.6 Å². The molecule has 4 aromatic rings. The van der Waals surface area contributed by atoms with Gasteiger partial charge in [-0.1, -0.05) is 17.8 Å². The van der Waals surface area contributed by atoms with Gasteiger partial charge in [-0.3, -0.25) is 14.2 Å². The van der Waals surface area contributed by atoms with Gasteiger partial charge in [-0.15, -0.1) is 10.2 Å². The summed E-state index contributed by atoms with van der Waals surface area (Å²) < 4.78 is 1.75. The summed E-state index contributed by atoms with van der Waals surface area (Å²) in [7, 11) is 0. The molecule has 0 fully saturated rings. The molecule has 11 heteroatoms. The van der Waals surface area contributed by atoms with Gasteiger partial charge in [-0.25, -0.2) is 4.79 Å². The fourth-order valence-electron chi connectivity index (χ4n) is 2.98. The highest BCUT2D eigenvalue weighted by atomic mass is 32.2. The van der Waals surface area contributed by atoms with Crippen LogP contribution in [0.2, 0.25) is 0 Å². The number of carbonyl (C=O) groups excluding carboxylic acids is 2. The average Bonchev–Trinajstić information content (AvgIpc) is 3.32. The molecular formula is C20H19N7O3S. The first-order valence-corrected chi connectivity index (χ1v) is 10.2. The smallest absolute Gasteiger partial charge is 0.323 e. The number of fused-ring (bicyclic) bond motifs is 1. The Hall–Kier alpha value is -3.86. The van der Waals surface area contributed by atoms with E-state index in [1.807, 2.05) is 12.1 Å². The number of nitrogens with one attached hydrogen (secondary N) is 4. The normalized spacial score (nSPS) is 11.9. The lowest BCUT2D eigenvalue weighted by Gasteiger charge is -2.13. The van der Waals surface area contributed by atoms with E-state index < -0.39 is 5.25 Å². The van der Waals surface area contributed by atoms with Crippen LogP contribution in [-0.2, 0) is 9.59 Å². The highest BCUT2D eigenvalue weighted by Crippen LogP contribution is 2.26. The first kappa shape index (κ1) is 20.4.